The lowest BCUT2D eigenvalue weighted by Crippen LogP contribution is -2.53. The molecule has 1 aromatic carbocycles. The molecule has 4 nitrogen and oxygen atoms in total. The molecule has 0 heterocycles. The van der Waals surface area contributed by atoms with Crippen LogP contribution in [0.3, 0.4) is 0 Å². The standard InChI is InChI=1S/C15H16ClNO3/c1-15(14(19)20,11-7-8-11)17-13(18)9-6-10-4-2-3-5-12(10)16/h2-6,9,11H,7-8H2,1H3,(H,17,18)(H,19,20)/b9-6+. The van der Waals surface area contributed by atoms with Crippen molar-refractivity contribution >= 4 is 29.6 Å². The Balaban J connectivity index is 2.05. The van der Waals surface area contributed by atoms with E-state index >= 15 is 0 Å². The Morgan fingerprint density at radius 3 is 2.60 bits per heavy atom. The van der Waals surface area contributed by atoms with E-state index in [1.165, 1.54) is 6.08 Å². The first kappa shape index (κ1) is 14.6. The summed E-state index contributed by atoms with van der Waals surface area (Å²) in [4.78, 5) is 23.2. The van der Waals surface area contributed by atoms with Crippen molar-refractivity contribution in [3.63, 3.8) is 0 Å². The molecule has 2 rings (SSSR count). The van der Waals surface area contributed by atoms with Crippen LogP contribution >= 0.6 is 11.6 Å². The fraction of sp³-hybridized carbons (Fsp3) is 0.333. The van der Waals surface area contributed by atoms with Gasteiger partial charge in [-0.2, -0.15) is 0 Å². The molecular weight excluding hydrogens is 278 g/mol. The third-order valence-corrected chi connectivity index (χ3v) is 3.88. The van der Waals surface area contributed by atoms with Gasteiger partial charge in [-0.05, 0) is 43.4 Å². The number of halogens is 1. The minimum absolute atomic E-state index is 0.0117. The van der Waals surface area contributed by atoms with E-state index in [1.807, 2.05) is 6.07 Å². The topological polar surface area (TPSA) is 66.4 Å². The average Bonchev–Trinajstić information content (AvgIpc) is 3.22. The molecule has 1 amide bonds. The van der Waals surface area contributed by atoms with Crippen LogP contribution in [0.1, 0.15) is 25.3 Å². The van der Waals surface area contributed by atoms with Crippen LogP contribution in [0.15, 0.2) is 30.3 Å². The number of rotatable bonds is 5. The first-order valence-electron chi connectivity index (χ1n) is 6.41. The number of hydrogen-bond acceptors (Lipinski definition) is 2. The maximum atomic E-state index is 11.9. The predicted octanol–water partition coefficient (Wildman–Crippen LogP) is 2.72. The number of carboxylic acid groups (broad SMARTS) is 1. The van der Waals surface area contributed by atoms with Crippen LogP contribution in [-0.2, 0) is 9.59 Å². The Morgan fingerprint density at radius 2 is 2.05 bits per heavy atom. The van der Waals surface area contributed by atoms with Gasteiger partial charge in [-0.1, -0.05) is 29.8 Å². The Kier molecular flexibility index (Phi) is 4.14. The van der Waals surface area contributed by atoms with Crippen LogP contribution in [0.5, 0.6) is 0 Å². The van der Waals surface area contributed by atoms with Crippen molar-refractivity contribution in [3.8, 4) is 0 Å². The third kappa shape index (κ3) is 3.20. The Bertz CT molecular complexity index is 566. The van der Waals surface area contributed by atoms with E-state index < -0.39 is 17.4 Å². The van der Waals surface area contributed by atoms with E-state index in [4.69, 9.17) is 11.6 Å². The molecule has 0 spiro atoms. The zero-order valence-corrected chi connectivity index (χ0v) is 11.9. The summed E-state index contributed by atoms with van der Waals surface area (Å²) in [5, 5.41) is 12.4. The lowest BCUT2D eigenvalue weighted by atomic mass is 9.96. The Labute approximate surface area is 122 Å². The summed E-state index contributed by atoms with van der Waals surface area (Å²) < 4.78 is 0. The molecule has 0 bridgehead atoms. The molecule has 0 radical (unpaired) electrons. The zero-order valence-electron chi connectivity index (χ0n) is 11.1. The van der Waals surface area contributed by atoms with Crippen LogP contribution in [-0.4, -0.2) is 22.5 Å². The quantitative estimate of drug-likeness (QED) is 0.820. The second-order valence-electron chi connectivity index (χ2n) is 5.13. The van der Waals surface area contributed by atoms with Gasteiger partial charge in [0.15, 0.2) is 0 Å². The molecule has 1 unspecified atom stereocenters. The predicted molar refractivity (Wildman–Crippen MR) is 77.4 cm³/mol. The monoisotopic (exact) mass is 293 g/mol. The molecule has 1 fully saturated rings. The summed E-state index contributed by atoms with van der Waals surface area (Å²) in [5.41, 5.74) is -0.477. The zero-order chi connectivity index (χ0) is 14.8. The van der Waals surface area contributed by atoms with Gasteiger partial charge in [-0.25, -0.2) is 4.79 Å². The van der Waals surface area contributed by atoms with Gasteiger partial charge >= 0.3 is 5.97 Å². The van der Waals surface area contributed by atoms with Crippen LogP contribution in [0, 0.1) is 5.92 Å². The number of aliphatic carboxylic acids is 1. The van der Waals surface area contributed by atoms with Crippen molar-refractivity contribution in [3.05, 3.63) is 40.9 Å². The highest BCUT2D eigenvalue weighted by molar-refractivity contribution is 6.32. The van der Waals surface area contributed by atoms with Gasteiger partial charge in [-0.15, -0.1) is 0 Å². The van der Waals surface area contributed by atoms with Gasteiger partial charge in [0, 0.05) is 11.1 Å². The van der Waals surface area contributed by atoms with Crippen molar-refractivity contribution in [2.75, 3.05) is 0 Å². The number of nitrogens with one attached hydrogen (secondary N) is 1. The Morgan fingerprint density at radius 1 is 1.40 bits per heavy atom. The molecule has 1 aliphatic rings. The van der Waals surface area contributed by atoms with Crippen molar-refractivity contribution < 1.29 is 14.7 Å². The molecular formula is C15H16ClNO3. The van der Waals surface area contributed by atoms with E-state index in [0.29, 0.717) is 10.6 Å². The third-order valence-electron chi connectivity index (χ3n) is 3.54. The van der Waals surface area contributed by atoms with Gasteiger partial charge in [0.05, 0.1) is 0 Å². The van der Waals surface area contributed by atoms with E-state index in [2.05, 4.69) is 5.32 Å². The fourth-order valence-corrected chi connectivity index (χ4v) is 2.26. The highest BCUT2D eigenvalue weighted by atomic mass is 35.5. The highest BCUT2D eigenvalue weighted by Gasteiger charge is 2.48. The lowest BCUT2D eigenvalue weighted by molar-refractivity contribution is -0.147. The minimum atomic E-state index is -1.19. The van der Waals surface area contributed by atoms with Gasteiger partial charge in [-0.3, -0.25) is 4.79 Å². The second kappa shape index (κ2) is 5.67. The molecule has 2 N–H and O–H groups in total. The van der Waals surface area contributed by atoms with Crippen molar-refractivity contribution in [2.45, 2.75) is 25.3 Å². The van der Waals surface area contributed by atoms with Gasteiger partial charge in [0.1, 0.15) is 5.54 Å². The molecule has 0 saturated heterocycles. The Hall–Kier alpha value is -1.81. The van der Waals surface area contributed by atoms with E-state index in [-0.39, 0.29) is 5.92 Å². The van der Waals surface area contributed by atoms with Crippen LogP contribution < -0.4 is 5.32 Å². The number of carbonyl (C=O) groups is 2. The number of benzene rings is 1. The molecule has 1 aliphatic carbocycles. The van der Waals surface area contributed by atoms with E-state index in [9.17, 15) is 14.7 Å². The van der Waals surface area contributed by atoms with Crippen LogP contribution in [0.4, 0.5) is 0 Å². The molecule has 20 heavy (non-hydrogen) atoms. The van der Waals surface area contributed by atoms with Gasteiger partial charge in [0.2, 0.25) is 5.91 Å². The van der Waals surface area contributed by atoms with Gasteiger partial charge in [0.25, 0.3) is 0 Å². The molecule has 5 heteroatoms. The number of hydrogen-bond donors (Lipinski definition) is 2. The van der Waals surface area contributed by atoms with Crippen molar-refractivity contribution in [2.24, 2.45) is 5.92 Å². The number of carbonyl (C=O) groups excluding carboxylic acids is 1. The maximum Gasteiger partial charge on any atom is 0.329 e. The van der Waals surface area contributed by atoms with Crippen LogP contribution in [0.25, 0.3) is 6.08 Å². The second-order valence-corrected chi connectivity index (χ2v) is 5.53. The highest BCUT2D eigenvalue weighted by Crippen LogP contribution is 2.39. The summed E-state index contributed by atoms with van der Waals surface area (Å²) in [5.74, 6) is -1.42. The normalized spacial score (nSPS) is 17.7. The number of amides is 1. The molecule has 1 aromatic rings. The molecule has 106 valence electrons. The number of carboxylic acids is 1. The van der Waals surface area contributed by atoms with Crippen molar-refractivity contribution in [1.29, 1.82) is 0 Å². The molecule has 0 aromatic heterocycles. The van der Waals surface area contributed by atoms with Gasteiger partial charge < -0.3 is 10.4 Å². The fourth-order valence-electron chi connectivity index (χ4n) is 2.06. The smallest absolute Gasteiger partial charge is 0.329 e. The average molecular weight is 294 g/mol. The lowest BCUT2D eigenvalue weighted by Gasteiger charge is -2.25. The molecule has 1 saturated carbocycles. The van der Waals surface area contributed by atoms with E-state index in [1.54, 1.807) is 31.2 Å². The summed E-state index contributed by atoms with van der Waals surface area (Å²) in [6, 6.07) is 7.12. The first-order chi connectivity index (χ1) is 9.43. The summed E-state index contributed by atoms with van der Waals surface area (Å²) in [6.45, 7) is 1.55. The van der Waals surface area contributed by atoms with E-state index in [0.717, 1.165) is 12.8 Å². The summed E-state index contributed by atoms with van der Waals surface area (Å²) in [7, 11) is 0. The largest absolute Gasteiger partial charge is 0.480 e. The van der Waals surface area contributed by atoms with Crippen molar-refractivity contribution in [1.82, 2.24) is 5.32 Å². The summed E-state index contributed by atoms with van der Waals surface area (Å²) >= 11 is 5.97. The molecule has 1 atom stereocenters. The molecule has 0 aliphatic heterocycles. The maximum absolute atomic E-state index is 11.9. The first-order valence-corrected chi connectivity index (χ1v) is 6.79. The SMILES string of the molecule is CC(NC(=O)/C=C/c1ccccc1Cl)(C(=O)O)C1CC1. The minimum Gasteiger partial charge on any atom is -0.480 e. The van der Waals surface area contributed by atoms with Crippen LogP contribution in [0.2, 0.25) is 5.02 Å². The summed E-state index contributed by atoms with van der Waals surface area (Å²) in [6.07, 6.45) is 4.55.